The van der Waals surface area contributed by atoms with Gasteiger partial charge in [0.15, 0.2) is 0 Å². The van der Waals surface area contributed by atoms with Crippen molar-refractivity contribution in [2.75, 3.05) is 12.8 Å². The number of nitrogens with two attached hydrogens (primary N) is 1. The number of hydrogen-bond donors (Lipinski definition) is 1. The Morgan fingerprint density at radius 3 is 2.57 bits per heavy atom. The molecule has 0 amide bonds. The third-order valence-corrected chi connectivity index (χ3v) is 4.10. The van der Waals surface area contributed by atoms with Crippen molar-refractivity contribution in [1.29, 1.82) is 0 Å². The molecule has 4 heteroatoms. The number of methoxy groups -OCH3 is 1. The van der Waals surface area contributed by atoms with Gasteiger partial charge in [0.05, 0.1) is 7.11 Å². The summed E-state index contributed by atoms with van der Waals surface area (Å²) < 4.78 is 7.51. The molecule has 1 aromatic heterocycles. The van der Waals surface area contributed by atoms with Gasteiger partial charge in [-0.1, -0.05) is 0 Å². The lowest BCUT2D eigenvalue weighted by atomic mass is 10.1. The van der Waals surface area contributed by atoms with Gasteiger partial charge in [0, 0.05) is 17.5 Å². The van der Waals surface area contributed by atoms with Crippen LogP contribution in [0.4, 0.5) is 5.82 Å². The van der Waals surface area contributed by atoms with Gasteiger partial charge >= 0.3 is 0 Å². The predicted octanol–water partition coefficient (Wildman–Crippen LogP) is 3.91. The van der Waals surface area contributed by atoms with Gasteiger partial charge in [0.1, 0.15) is 23.1 Å². The fourth-order valence-electron chi connectivity index (χ4n) is 2.87. The molecule has 0 atom stereocenters. The molecule has 1 fully saturated rings. The molecule has 1 saturated carbocycles. The van der Waals surface area contributed by atoms with Crippen LogP contribution < -0.4 is 10.5 Å². The second-order valence-corrected chi connectivity index (χ2v) is 6.13. The van der Waals surface area contributed by atoms with Gasteiger partial charge in [0.25, 0.3) is 0 Å². The van der Waals surface area contributed by atoms with Gasteiger partial charge in [-0.3, -0.25) is 0 Å². The molecule has 0 radical (unpaired) electrons. The van der Waals surface area contributed by atoms with Crippen LogP contribution in [0.15, 0.2) is 18.2 Å². The number of nitrogen functional groups attached to an aromatic ring is 1. The number of ether oxygens (including phenoxy) is 1. The first-order chi connectivity index (χ1) is 10.0. The molecule has 0 unspecified atom stereocenters. The SMILES string of the molecule is COc1ccc(-c2nc(C3CC3)n(C(C)C)c2N)cc1C. The van der Waals surface area contributed by atoms with Crippen LogP contribution in [0.5, 0.6) is 5.75 Å². The van der Waals surface area contributed by atoms with Crippen molar-refractivity contribution in [2.24, 2.45) is 0 Å². The van der Waals surface area contributed by atoms with Crippen molar-refractivity contribution in [1.82, 2.24) is 9.55 Å². The topological polar surface area (TPSA) is 53.1 Å². The summed E-state index contributed by atoms with van der Waals surface area (Å²) >= 11 is 0. The second-order valence-electron chi connectivity index (χ2n) is 6.13. The molecule has 2 aromatic rings. The van der Waals surface area contributed by atoms with E-state index in [0.717, 1.165) is 34.2 Å². The number of aryl methyl sites for hydroxylation is 1. The van der Waals surface area contributed by atoms with E-state index in [0.29, 0.717) is 12.0 Å². The quantitative estimate of drug-likeness (QED) is 0.926. The van der Waals surface area contributed by atoms with Gasteiger partial charge in [-0.15, -0.1) is 0 Å². The zero-order chi connectivity index (χ0) is 15.1. The zero-order valence-electron chi connectivity index (χ0n) is 13.2. The zero-order valence-corrected chi connectivity index (χ0v) is 13.2. The van der Waals surface area contributed by atoms with Crippen LogP contribution >= 0.6 is 0 Å². The van der Waals surface area contributed by atoms with E-state index in [9.17, 15) is 0 Å². The Balaban J connectivity index is 2.10. The summed E-state index contributed by atoms with van der Waals surface area (Å²) in [6, 6.07) is 6.45. The van der Waals surface area contributed by atoms with Crippen LogP contribution in [0.2, 0.25) is 0 Å². The van der Waals surface area contributed by atoms with E-state index in [1.54, 1.807) is 7.11 Å². The van der Waals surface area contributed by atoms with E-state index in [1.165, 1.54) is 12.8 Å². The number of imidazole rings is 1. The van der Waals surface area contributed by atoms with Crippen LogP contribution in [-0.4, -0.2) is 16.7 Å². The molecule has 3 rings (SSSR count). The second kappa shape index (κ2) is 5.10. The highest BCUT2D eigenvalue weighted by molar-refractivity contribution is 5.72. The summed E-state index contributed by atoms with van der Waals surface area (Å²) in [4.78, 5) is 4.86. The summed E-state index contributed by atoms with van der Waals surface area (Å²) in [7, 11) is 1.69. The normalized spacial score (nSPS) is 14.7. The summed E-state index contributed by atoms with van der Waals surface area (Å²) in [5.74, 6) is 3.40. The maximum atomic E-state index is 6.39. The Morgan fingerprint density at radius 1 is 1.33 bits per heavy atom. The third-order valence-electron chi connectivity index (χ3n) is 4.10. The molecular weight excluding hydrogens is 262 g/mol. The smallest absolute Gasteiger partial charge is 0.131 e. The lowest BCUT2D eigenvalue weighted by Crippen LogP contribution is -2.08. The lowest BCUT2D eigenvalue weighted by Gasteiger charge is -2.13. The molecule has 1 aromatic carbocycles. The molecule has 1 aliphatic rings. The van der Waals surface area contributed by atoms with Crippen molar-refractivity contribution in [3.63, 3.8) is 0 Å². The molecule has 0 aliphatic heterocycles. The van der Waals surface area contributed by atoms with E-state index in [2.05, 4.69) is 24.5 Å². The minimum absolute atomic E-state index is 0.334. The summed E-state index contributed by atoms with van der Waals surface area (Å²) in [6.45, 7) is 6.36. The Labute approximate surface area is 125 Å². The lowest BCUT2D eigenvalue weighted by molar-refractivity contribution is 0.412. The molecule has 1 aliphatic carbocycles. The number of anilines is 1. The van der Waals surface area contributed by atoms with Crippen molar-refractivity contribution in [2.45, 2.75) is 45.6 Å². The number of nitrogens with zero attached hydrogens (tertiary/aromatic N) is 2. The van der Waals surface area contributed by atoms with Gasteiger partial charge in [-0.2, -0.15) is 0 Å². The highest BCUT2D eigenvalue weighted by Gasteiger charge is 2.31. The fraction of sp³-hybridized carbons (Fsp3) is 0.471. The minimum atomic E-state index is 0.334. The van der Waals surface area contributed by atoms with E-state index < -0.39 is 0 Å². The van der Waals surface area contributed by atoms with Gasteiger partial charge in [-0.25, -0.2) is 4.98 Å². The average Bonchev–Trinajstić information content (AvgIpc) is 3.22. The molecule has 4 nitrogen and oxygen atoms in total. The number of rotatable bonds is 4. The van der Waals surface area contributed by atoms with Crippen molar-refractivity contribution < 1.29 is 4.74 Å². The molecule has 112 valence electrons. The summed E-state index contributed by atoms with van der Waals surface area (Å²) in [5.41, 5.74) is 9.45. The summed E-state index contributed by atoms with van der Waals surface area (Å²) in [6.07, 6.45) is 2.45. The first kappa shape index (κ1) is 14.0. The van der Waals surface area contributed by atoms with Crippen LogP contribution in [0.25, 0.3) is 11.3 Å². The highest BCUT2D eigenvalue weighted by Crippen LogP contribution is 2.43. The van der Waals surface area contributed by atoms with Gasteiger partial charge < -0.3 is 15.0 Å². The van der Waals surface area contributed by atoms with E-state index >= 15 is 0 Å². The molecule has 2 N–H and O–H groups in total. The standard InChI is InChI=1S/C17H23N3O/c1-10(2)20-16(18)15(19-17(20)12-5-6-12)13-7-8-14(21-4)11(3)9-13/h7-10,12H,5-6,18H2,1-4H3. The maximum absolute atomic E-state index is 6.39. The first-order valence-electron chi connectivity index (χ1n) is 7.55. The molecule has 21 heavy (non-hydrogen) atoms. The Kier molecular flexibility index (Phi) is 3.40. The number of hydrogen-bond acceptors (Lipinski definition) is 3. The fourth-order valence-corrected chi connectivity index (χ4v) is 2.87. The average molecular weight is 285 g/mol. The molecule has 0 bridgehead atoms. The van der Waals surface area contributed by atoms with Crippen LogP contribution in [0, 0.1) is 6.92 Å². The predicted molar refractivity (Wildman–Crippen MR) is 85.7 cm³/mol. The molecule has 0 saturated heterocycles. The van der Waals surface area contributed by atoms with Crippen molar-refractivity contribution in [3.8, 4) is 17.0 Å². The Morgan fingerprint density at radius 2 is 2.05 bits per heavy atom. The van der Waals surface area contributed by atoms with Crippen molar-refractivity contribution >= 4 is 5.82 Å². The third kappa shape index (κ3) is 2.39. The Hall–Kier alpha value is -1.97. The highest BCUT2D eigenvalue weighted by atomic mass is 16.5. The molecule has 1 heterocycles. The first-order valence-corrected chi connectivity index (χ1v) is 7.55. The monoisotopic (exact) mass is 285 g/mol. The number of aromatic nitrogens is 2. The van der Waals surface area contributed by atoms with Crippen LogP contribution in [0.3, 0.4) is 0 Å². The Bertz CT molecular complexity index is 669. The maximum Gasteiger partial charge on any atom is 0.131 e. The van der Waals surface area contributed by atoms with Gasteiger partial charge in [-0.05, 0) is 57.4 Å². The van der Waals surface area contributed by atoms with Crippen LogP contribution in [0.1, 0.15) is 50.0 Å². The van der Waals surface area contributed by atoms with Gasteiger partial charge in [0.2, 0.25) is 0 Å². The van der Waals surface area contributed by atoms with Crippen molar-refractivity contribution in [3.05, 3.63) is 29.6 Å². The van der Waals surface area contributed by atoms with E-state index in [4.69, 9.17) is 15.5 Å². The molecular formula is C17H23N3O. The minimum Gasteiger partial charge on any atom is -0.496 e. The number of benzene rings is 1. The molecule has 0 spiro atoms. The van der Waals surface area contributed by atoms with E-state index in [-0.39, 0.29) is 0 Å². The van der Waals surface area contributed by atoms with E-state index in [1.807, 2.05) is 19.1 Å². The van der Waals surface area contributed by atoms with Crippen LogP contribution in [-0.2, 0) is 0 Å². The summed E-state index contributed by atoms with van der Waals surface area (Å²) in [5, 5.41) is 0. The largest absolute Gasteiger partial charge is 0.496 e.